The maximum atomic E-state index is 12.1. The van der Waals surface area contributed by atoms with Gasteiger partial charge in [-0.2, -0.15) is 0 Å². The van der Waals surface area contributed by atoms with Gasteiger partial charge in [-0.3, -0.25) is 9.69 Å². The van der Waals surface area contributed by atoms with Crippen LogP contribution in [-0.4, -0.2) is 38.5 Å². The van der Waals surface area contributed by atoms with E-state index in [0.29, 0.717) is 13.1 Å². The van der Waals surface area contributed by atoms with Gasteiger partial charge in [0.2, 0.25) is 0 Å². The van der Waals surface area contributed by atoms with Crippen molar-refractivity contribution in [3.63, 3.8) is 0 Å². The van der Waals surface area contributed by atoms with Gasteiger partial charge in [-0.1, -0.05) is 0 Å². The second kappa shape index (κ2) is 4.91. The largest absolute Gasteiger partial charge is 0.315 e. The molecule has 0 spiro atoms. The van der Waals surface area contributed by atoms with Crippen molar-refractivity contribution in [3.8, 4) is 0 Å². The normalized spacial score (nSPS) is 15.6. The van der Waals surface area contributed by atoms with E-state index in [1.54, 1.807) is 6.33 Å². The van der Waals surface area contributed by atoms with Crippen LogP contribution in [0.2, 0.25) is 0 Å². The Morgan fingerprint density at radius 2 is 2.39 bits per heavy atom. The third kappa shape index (κ3) is 2.25. The van der Waals surface area contributed by atoms with Gasteiger partial charge in [-0.15, -0.1) is 21.5 Å². The van der Waals surface area contributed by atoms with Crippen LogP contribution in [0.5, 0.6) is 0 Å². The zero-order valence-electron chi connectivity index (χ0n) is 9.54. The summed E-state index contributed by atoms with van der Waals surface area (Å²) in [5.41, 5.74) is 0. The zero-order chi connectivity index (χ0) is 12.5. The maximum Gasteiger partial charge on any atom is 0.187 e. The highest BCUT2D eigenvalue weighted by Gasteiger charge is 2.21. The van der Waals surface area contributed by atoms with E-state index in [-0.39, 0.29) is 5.78 Å². The predicted molar refractivity (Wildman–Crippen MR) is 71.6 cm³/mol. The van der Waals surface area contributed by atoms with Crippen molar-refractivity contribution in [2.75, 3.05) is 13.1 Å². The third-order valence-electron chi connectivity index (χ3n) is 2.96. The molecule has 0 saturated heterocycles. The standard InChI is InChI=1S/C11H11BrN4OS/c12-8-1-4-18-11(8)9(17)5-15-2-3-16-7-13-14-10(16)6-15/h1,4,7H,2-3,5-6H2. The van der Waals surface area contributed by atoms with Gasteiger partial charge in [0, 0.05) is 17.6 Å². The van der Waals surface area contributed by atoms with E-state index in [1.165, 1.54) is 11.3 Å². The summed E-state index contributed by atoms with van der Waals surface area (Å²) in [6, 6.07) is 1.91. The van der Waals surface area contributed by atoms with E-state index in [4.69, 9.17) is 0 Å². The molecule has 1 aliphatic heterocycles. The number of carbonyl (C=O) groups is 1. The highest BCUT2D eigenvalue weighted by Crippen LogP contribution is 2.23. The number of hydrogen-bond acceptors (Lipinski definition) is 5. The van der Waals surface area contributed by atoms with Gasteiger partial charge in [-0.25, -0.2) is 0 Å². The first-order valence-electron chi connectivity index (χ1n) is 5.59. The number of carbonyl (C=O) groups excluding carboxylic acids is 1. The number of thiophene rings is 1. The molecule has 0 N–H and O–H groups in total. The van der Waals surface area contributed by atoms with E-state index < -0.39 is 0 Å². The fraction of sp³-hybridized carbons (Fsp3) is 0.364. The number of ketones is 1. The van der Waals surface area contributed by atoms with Crippen LogP contribution in [0.3, 0.4) is 0 Å². The first-order chi connectivity index (χ1) is 8.74. The van der Waals surface area contributed by atoms with Crippen molar-refractivity contribution in [3.05, 3.63) is 32.9 Å². The zero-order valence-corrected chi connectivity index (χ0v) is 11.9. The second-order valence-electron chi connectivity index (χ2n) is 4.17. The Labute approximate surface area is 117 Å². The lowest BCUT2D eigenvalue weighted by molar-refractivity contribution is 0.0911. The summed E-state index contributed by atoms with van der Waals surface area (Å²) in [5.74, 6) is 1.09. The molecule has 0 fully saturated rings. The van der Waals surface area contributed by atoms with Crippen molar-refractivity contribution in [2.24, 2.45) is 0 Å². The van der Waals surface area contributed by atoms with Gasteiger partial charge in [0.25, 0.3) is 0 Å². The number of Topliss-reactive ketones (excluding diaryl/α,β-unsaturated/α-hetero) is 1. The number of fused-ring (bicyclic) bond motifs is 1. The molecular weight excluding hydrogens is 316 g/mol. The predicted octanol–water partition coefficient (Wildman–Crippen LogP) is 1.80. The lowest BCUT2D eigenvalue weighted by atomic mass is 10.2. The summed E-state index contributed by atoms with van der Waals surface area (Å²) >= 11 is 4.87. The molecule has 0 bridgehead atoms. The van der Waals surface area contributed by atoms with Crippen molar-refractivity contribution in [1.29, 1.82) is 0 Å². The van der Waals surface area contributed by atoms with Crippen molar-refractivity contribution >= 4 is 33.0 Å². The van der Waals surface area contributed by atoms with Crippen LogP contribution in [0, 0.1) is 0 Å². The molecule has 3 heterocycles. The molecule has 7 heteroatoms. The van der Waals surface area contributed by atoms with Gasteiger partial charge in [-0.05, 0) is 27.4 Å². The minimum atomic E-state index is 0.157. The average Bonchev–Trinajstić information content (AvgIpc) is 2.96. The van der Waals surface area contributed by atoms with Crippen LogP contribution < -0.4 is 0 Å². The monoisotopic (exact) mass is 326 g/mol. The van der Waals surface area contributed by atoms with Crippen molar-refractivity contribution < 1.29 is 4.79 Å². The fourth-order valence-electron chi connectivity index (χ4n) is 2.02. The molecule has 0 amide bonds. The SMILES string of the molecule is O=C(CN1CCn2cnnc2C1)c1sccc1Br. The molecule has 1 aliphatic rings. The first kappa shape index (κ1) is 12.0. The van der Waals surface area contributed by atoms with E-state index in [9.17, 15) is 4.79 Å². The molecule has 2 aromatic heterocycles. The molecular formula is C11H11BrN4OS. The van der Waals surface area contributed by atoms with Crippen LogP contribution in [0.25, 0.3) is 0 Å². The number of hydrogen-bond donors (Lipinski definition) is 0. The van der Waals surface area contributed by atoms with Crippen LogP contribution >= 0.6 is 27.3 Å². The maximum absolute atomic E-state index is 12.1. The van der Waals surface area contributed by atoms with Gasteiger partial charge in [0.15, 0.2) is 5.78 Å². The number of aromatic nitrogens is 3. The quantitative estimate of drug-likeness (QED) is 0.807. The Bertz CT molecular complexity index is 579. The number of nitrogens with zero attached hydrogens (tertiary/aromatic N) is 4. The van der Waals surface area contributed by atoms with Crippen LogP contribution in [-0.2, 0) is 13.1 Å². The molecule has 0 unspecified atom stereocenters. The molecule has 0 aliphatic carbocycles. The summed E-state index contributed by atoms with van der Waals surface area (Å²) in [4.78, 5) is 15.0. The molecule has 5 nitrogen and oxygen atoms in total. The highest BCUT2D eigenvalue weighted by molar-refractivity contribution is 9.10. The minimum Gasteiger partial charge on any atom is -0.315 e. The van der Waals surface area contributed by atoms with Gasteiger partial charge in [0.1, 0.15) is 12.2 Å². The molecule has 3 rings (SSSR count). The van der Waals surface area contributed by atoms with Gasteiger partial charge < -0.3 is 4.57 Å². The van der Waals surface area contributed by atoms with Gasteiger partial charge >= 0.3 is 0 Å². The van der Waals surface area contributed by atoms with Crippen molar-refractivity contribution in [2.45, 2.75) is 13.1 Å². The van der Waals surface area contributed by atoms with Crippen LogP contribution in [0.1, 0.15) is 15.5 Å². The van der Waals surface area contributed by atoms with Crippen LogP contribution in [0.4, 0.5) is 0 Å². The minimum absolute atomic E-state index is 0.157. The Kier molecular flexibility index (Phi) is 3.27. The van der Waals surface area contributed by atoms with E-state index in [2.05, 4.69) is 31.0 Å². The molecule has 0 atom stereocenters. The first-order valence-corrected chi connectivity index (χ1v) is 7.26. The summed E-state index contributed by atoms with van der Waals surface area (Å²) in [5, 5.41) is 9.85. The average molecular weight is 327 g/mol. The molecule has 0 saturated carbocycles. The van der Waals surface area contributed by atoms with E-state index in [1.807, 2.05) is 16.0 Å². The topological polar surface area (TPSA) is 51.0 Å². The van der Waals surface area contributed by atoms with E-state index >= 15 is 0 Å². The number of rotatable bonds is 3. The lowest BCUT2D eigenvalue weighted by Crippen LogP contribution is -2.37. The Morgan fingerprint density at radius 1 is 1.50 bits per heavy atom. The second-order valence-corrected chi connectivity index (χ2v) is 5.94. The molecule has 94 valence electrons. The molecule has 0 aromatic carbocycles. The van der Waals surface area contributed by atoms with Gasteiger partial charge in [0.05, 0.1) is 18.0 Å². The Balaban J connectivity index is 1.68. The fourth-order valence-corrected chi connectivity index (χ4v) is 3.54. The summed E-state index contributed by atoms with van der Waals surface area (Å²) in [6.07, 6.45) is 1.74. The lowest BCUT2D eigenvalue weighted by Gasteiger charge is -2.25. The molecule has 18 heavy (non-hydrogen) atoms. The smallest absolute Gasteiger partial charge is 0.187 e. The van der Waals surface area contributed by atoms with Crippen LogP contribution in [0.15, 0.2) is 22.2 Å². The Hall–Kier alpha value is -1.05. The number of halogens is 1. The van der Waals surface area contributed by atoms with Crippen molar-refractivity contribution in [1.82, 2.24) is 19.7 Å². The molecule has 2 aromatic rings. The third-order valence-corrected chi connectivity index (χ3v) is 4.83. The summed E-state index contributed by atoms with van der Waals surface area (Å²) in [7, 11) is 0. The summed E-state index contributed by atoms with van der Waals surface area (Å²) < 4.78 is 2.92. The highest BCUT2D eigenvalue weighted by atomic mass is 79.9. The molecule has 0 radical (unpaired) electrons. The Morgan fingerprint density at radius 3 is 3.17 bits per heavy atom. The summed E-state index contributed by atoms with van der Waals surface area (Å²) in [6.45, 7) is 2.84. The van der Waals surface area contributed by atoms with E-state index in [0.717, 1.165) is 28.3 Å².